The number of rotatable bonds is 8. The minimum atomic E-state index is -0.267. The zero-order chi connectivity index (χ0) is 25.8. The highest BCUT2D eigenvalue weighted by atomic mass is 19.1. The van der Waals surface area contributed by atoms with E-state index in [1.54, 1.807) is 30.6 Å². The van der Waals surface area contributed by atoms with Gasteiger partial charge in [0.1, 0.15) is 23.8 Å². The Morgan fingerprint density at radius 2 is 1.97 bits per heavy atom. The zero-order valence-corrected chi connectivity index (χ0v) is 20.4. The number of benzene rings is 2. The van der Waals surface area contributed by atoms with Gasteiger partial charge in [-0.05, 0) is 56.1 Å². The van der Waals surface area contributed by atoms with Gasteiger partial charge in [-0.25, -0.2) is 19.3 Å². The topological polar surface area (TPSA) is 101 Å². The van der Waals surface area contributed by atoms with E-state index in [4.69, 9.17) is 0 Å². The van der Waals surface area contributed by atoms with Crippen LogP contribution >= 0.6 is 0 Å². The van der Waals surface area contributed by atoms with Gasteiger partial charge in [0.05, 0.1) is 30.0 Å². The molecule has 3 aromatic heterocycles. The van der Waals surface area contributed by atoms with Gasteiger partial charge in [-0.2, -0.15) is 5.10 Å². The fourth-order valence-corrected chi connectivity index (χ4v) is 3.90. The molecular formula is C27H25FN8O. The average molecular weight is 497 g/mol. The third-order valence-corrected chi connectivity index (χ3v) is 5.64. The second-order valence-corrected chi connectivity index (χ2v) is 8.79. The van der Waals surface area contributed by atoms with Crippen LogP contribution in [0.5, 0.6) is 0 Å². The highest BCUT2D eigenvalue weighted by molar-refractivity contribution is 6.00. The first kappa shape index (κ1) is 24.0. The van der Waals surface area contributed by atoms with Crippen LogP contribution in [0, 0.1) is 5.82 Å². The number of carbonyl (C=O) groups excluding carboxylic acids is 1. The van der Waals surface area contributed by atoms with Crippen molar-refractivity contribution in [2.75, 3.05) is 31.3 Å². The lowest BCUT2D eigenvalue weighted by molar-refractivity contribution is -0.111. The standard InChI is InChI=1S/C27H25FN8O/c1-35(2)10-4-7-26(37)34-25-13-22-23(15-29-25)30-17-31-27(22)33-21-8-9-24-19(12-21)14-32-36(24)16-18-5-3-6-20(28)11-18/h3-9,11-15,17H,10,16H2,1-2H3,(H,29,34,37)(H,30,31,33). The molecule has 0 saturated heterocycles. The maximum atomic E-state index is 13.6. The van der Waals surface area contributed by atoms with E-state index in [1.165, 1.54) is 24.5 Å². The smallest absolute Gasteiger partial charge is 0.249 e. The number of nitrogens with one attached hydrogen (secondary N) is 2. The van der Waals surface area contributed by atoms with Crippen LogP contribution in [0.3, 0.4) is 0 Å². The summed E-state index contributed by atoms with van der Waals surface area (Å²) in [5, 5.41) is 12.2. The van der Waals surface area contributed by atoms with Crippen LogP contribution in [0.1, 0.15) is 5.56 Å². The van der Waals surface area contributed by atoms with E-state index in [0.717, 1.165) is 22.2 Å². The Hall–Kier alpha value is -4.70. The molecule has 186 valence electrons. The molecule has 0 saturated carbocycles. The molecular weight excluding hydrogens is 471 g/mol. The summed E-state index contributed by atoms with van der Waals surface area (Å²) in [6, 6.07) is 14.1. The number of aromatic nitrogens is 5. The van der Waals surface area contributed by atoms with Crippen LogP contribution in [0.25, 0.3) is 21.8 Å². The Balaban J connectivity index is 1.36. The summed E-state index contributed by atoms with van der Waals surface area (Å²) in [6.45, 7) is 1.13. The van der Waals surface area contributed by atoms with Gasteiger partial charge in [0.2, 0.25) is 5.91 Å². The SMILES string of the molecule is CN(C)CC=CC(=O)Nc1cc2c(Nc3ccc4c(cnn4Cc4cccc(F)c4)c3)ncnc2cn1. The average Bonchev–Trinajstić information content (AvgIpc) is 3.26. The summed E-state index contributed by atoms with van der Waals surface area (Å²) in [5.41, 5.74) is 3.22. The quantitative estimate of drug-likeness (QED) is 0.308. The van der Waals surface area contributed by atoms with Crippen LogP contribution in [0.15, 0.2) is 79.4 Å². The zero-order valence-electron chi connectivity index (χ0n) is 20.4. The highest BCUT2D eigenvalue weighted by Crippen LogP contribution is 2.27. The Kier molecular flexibility index (Phi) is 6.82. The number of nitrogens with zero attached hydrogens (tertiary/aromatic N) is 6. The number of hydrogen-bond donors (Lipinski definition) is 2. The predicted octanol–water partition coefficient (Wildman–Crippen LogP) is 4.36. The summed E-state index contributed by atoms with van der Waals surface area (Å²) in [6.07, 6.45) is 8.10. The molecule has 5 rings (SSSR count). The molecule has 1 amide bonds. The number of carbonyl (C=O) groups is 1. The first-order chi connectivity index (χ1) is 17.9. The molecule has 9 nitrogen and oxygen atoms in total. The lowest BCUT2D eigenvalue weighted by atomic mass is 10.2. The first-order valence-electron chi connectivity index (χ1n) is 11.6. The summed E-state index contributed by atoms with van der Waals surface area (Å²) in [5.74, 6) is 0.452. The van der Waals surface area contributed by atoms with Gasteiger partial charge in [-0.1, -0.05) is 18.2 Å². The normalized spacial score (nSPS) is 11.6. The van der Waals surface area contributed by atoms with Crippen molar-refractivity contribution in [1.82, 2.24) is 29.6 Å². The number of pyridine rings is 1. The number of likely N-dealkylation sites (N-methyl/N-ethyl adjacent to an activating group) is 1. The Morgan fingerprint density at radius 1 is 1.08 bits per heavy atom. The summed E-state index contributed by atoms with van der Waals surface area (Å²) >= 11 is 0. The molecule has 37 heavy (non-hydrogen) atoms. The Bertz CT molecular complexity index is 1610. The molecule has 0 aliphatic heterocycles. The third kappa shape index (κ3) is 5.76. The fraction of sp³-hybridized carbons (Fsp3) is 0.148. The van der Waals surface area contributed by atoms with E-state index >= 15 is 0 Å². The molecule has 0 spiro atoms. The molecule has 10 heteroatoms. The van der Waals surface area contributed by atoms with Gasteiger partial charge in [0.15, 0.2) is 0 Å². The monoisotopic (exact) mass is 496 g/mol. The predicted molar refractivity (Wildman–Crippen MR) is 142 cm³/mol. The number of anilines is 3. The molecule has 0 radical (unpaired) electrons. The van der Waals surface area contributed by atoms with E-state index in [1.807, 2.05) is 47.9 Å². The second-order valence-electron chi connectivity index (χ2n) is 8.79. The van der Waals surface area contributed by atoms with Crippen molar-refractivity contribution in [3.63, 3.8) is 0 Å². The van der Waals surface area contributed by atoms with E-state index in [0.29, 0.717) is 35.6 Å². The largest absolute Gasteiger partial charge is 0.340 e. The minimum Gasteiger partial charge on any atom is -0.340 e. The molecule has 0 bridgehead atoms. The fourth-order valence-electron chi connectivity index (χ4n) is 3.90. The van der Waals surface area contributed by atoms with Crippen LogP contribution in [-0.2, 0) is 11.3 Å². The maximum Gasteiger partial charge on any atom is 0.249 e. The molecule has 3 heterocycles. The number of hydrogen-bond acceptors (Lipinski definition) is 7. The number of fused-ring (bicyclic) bond motifs is 2. The summed E-state index contributed by atoms with van der Waals surface area (Å²) < 4.78 is 15.4. The van der Waals surface area contributed by atoms with Crippen LogP contribution in [0.2, 0.25) is 0 Å². The lowest BCUT2D eigenvalue weighted by Gasteiger charge is -2.10. The van der Waals surface area contributed by atoms with Gasteiger partial charge in [-0.15, -0.1) is 0 Å². The van der Waals surface area contributed by atoms with Crippen molar-refractivity contribution in [3.05, 3.63) is 90.8 Å². The van der Waals surface area contributed by atoms with Crippen molar-refractivity contribution < 1.29 is 9.18 Å². The summed E-state index contributed by atoms with van der Waals surface area (Å²) in [7, 11) is 3.86. The molecule has 5 aromatic rings. The van der Waals surface area contributed by atoms with E-state index in [2.05, 4.69) is 30.7 Å². The van der Waals surface area contributed by atoms with E-state index < -0.39 is 0 Å². The minimum absolute atomic E-state index is 0.263. The van der Waals surface area contributed by atoms with Gasteiger partial charge in [-0.3, -0.25) is 9.48 Å². The van der Waals surface area contributed by atoms with Gasteiger partial charge in [0.25, 0.3) is 0 Å². The molecule has 2 N–H and O–H groups in total. The molecule has 0 aliphatic carbocycles. The molecule has 0 unspecified atom stereocenters. The van der Waals surface area contributed by atoms with Crippen LogP contribution in [-0.4, -0.2) is 56.2 Å². The number of halogens is 1. The summed E-state index contributed by atoms with van der Waals surface area (Å²) in [4.78, 5) is 27.2. The van der Waals surface area contributed by atoms with Gasteiger partial charge < -0.3 is 15.5 Å². The Labute approximate surface area is 212 Å². The van der Waals surface area contributed by atoms with E-state index in [-0.39, 0.29) is 11.7 Å². The third-order valence-electron chi connectivity index (χ3n) is 5.64. The van der Waals surface area contributed by atoms with Crippen molar-refractivity contribution >= 4 is 45.0 Å². The van der Waals surface area contributed by atoms with Crippen molar-refractivity contribution in [3.8, 4) is 0 Å². The first-order valence-corrected chi connectivity index (χ1v) is 11.6. The van der Waals surface area contributed by atoms with E-state index in [9.17, 15) is 9.18 Å². The van der Waals surface area contributed by atoms with Crippen LogP contribution < -0.4 is 10.6 Å². The van der Waals surface area contributed by atoms with Gasteiger partial charge >= 0.3 is 0 Å². The van der Waals surface area contributed by atoms with Crippen LogP contribution in [0.4, 0.5) is 21.7 Å². The Morgan fingerprint density at radius 3 is 2.81 bits per heavy atom. The number of amides is 1. The highest BCUT2D eigenvalue weighted by Gasteiger charge is 2.10. The molecule has 0 fully saturated rings. The second kappa shape index (κ2) is 10.5. The van der Waals surface area contributed by atoms with Gasteiger partial charge in [0, 0.05) is 29.1 Å². The van der Waals surface area contributed by atoms with Crippen molar-refractivity contribution in [2.24, 2.45) is 0 Å². The molecule has 0 aliphatic rings. The lowest BCUT2D eigenvalue weighted by Crippen LogP contribution is -2.13. The maximum absolute atomic E-state index is 13.6. The van der Waals surface area contributed by atoms with Crippen molar-refractivity contribution in [2.45, 2.75) is 6.54 Å². The van der Waals surface area contributed by atoms with Crippen molar-refractivity contribution in [1.29, 1.82) is 0 Å². The molecule has 0 atom stereocenters. The molecule has 2 aromatic carbocycles.